The van der Waals surface area contributed by atoms with Gasteiger partial charge in [0.1, 0.15) is 5.78 Å². The van der Waals surface area contributed by atoms with Crippen LogP contribution >= 0.6 is 11.6 Å². The average Bonchev–Trinajstić information content (AvgIpc) is 2.43. The highest BCUT2D eigenvalue weighted by Gasteiger charge is 2.26. The van der Waals surface area contributed by atoms with Crippen molar-refractivity contribution < 1.29 is 4.79 Å². The first-order chi connectivity index (χ1) is 9.60. The SMILES string of the molecule is CCCC1CCC(C(=O)Cc2ccc(C)cc2Cl)CC1. The molecule has 1 aromatic carbocycles. The van der Waals surface area contributed by atoms with Crippen molar-refractivity contribution in [3.63, 3.8) is 0 Å². The lowest BCUT2D eigenvalue weighted by Crippen LogP contribution is -2.23. The number of Topliss-reactive ketones (excluding diaryl/α,β-unsaturated/α-hetero) is 1. The lowest BCUT2D eigenvalue weighted by atomic mass is 9.77. The monoisotopic (exact) mass is 292 g/mol. The molecule has 1 saturated carbocycles. The first-order valence-electron chi connectivity index (χ1n) is 7.88. The second-order valence-corrected chi connectivity index (χ2v) is 6.65. The van der Waals surface area contributed by atoms with E-state index in [9.17, 15) is 4.79 Å². The summed E-state index contributed by atoms with van der Waals surface area (Å²) in [6.07, 6.45) is 7.70. The molecule has 2 rings (SSSR count). The molecular formula is C18H25ClO. The number of aryl methyl sites for hydroxylation is 1. The maximum Gasteiger partial charge on any atom is 0.140 e. The molecule has 0 atom stereocenters. The maximum absolute atomic E-state index is 12.4. The minimum atomic E-state index is 0.264. The van der Waals surface area contributed by atoms with Crippen molar-refractivity contribution in [3.05, 3.63) is 34.3 Å². The molecule has 1 aliphatic rings. The third kappa shape index (κ3) is 4.09. The zero-order chi connectivity index (χ0) is 14.5. The molecule has 0 aliphatic heterocycles. The average molecular weight is 293 g/mol. The molecule has 0 saturated heterocycles. The summed E-state index contributed by atoms with van der Waals surface area (Å²) in [5, 5.41) is 0.734. The van der Waals surface area contributed by atoms with E-state index in [1.807, 2.05) is 25.1 Å². The van der Waals surface area contributed by atoms with Gasteiger partial charge in [0.15, 0.2) is 0 Å². The van der Waals surface area contributed by atoms with Gasteiger partial charge >= 0.3 is 0 Å². The van der Waals surface area contributed by atoms with Gasteiger partial charge in [-0.25, -0.2) is 0 Å². The standard InChI is InChI=1S/C18H25ClO/c1-3-4-14-6-9-15(10-7-14)18(20)12-16-8-5-13(2)11-17(16)19/h5,8,11,14-15H,3-4,6-7,9-10,12H2,1-2H3. The van der Waals surface area contributed by atoms with E-state index in [2.05, 4.69) is 6.92 Å². The third-order valence-corrected chi connectivity index (χ3v) is 4.92. The fraction of sp³-hybridized carbons (Fsp3) is 0.611. The lowest BCUT2D eigenvalue weighted by Gasteiger charge is -2.27. The lowest BCUT2D eigenvalue weighted by molar-refractivity contribution is -0.123. The zero-order valence-electron chi connectivity index (χ0n) is 12.6. The molecule has 0 aromatic heterocycles. The van der Waals surface area contributed by atoms with Crippen molar-refractivity contribution in [2.45, 2.75) is 58.8 Å². The quantitative estimate of drug-likeness (QED) is 0.713. The Kier molecular flexibility index (Phi) is 5.65. The Balaban J connectivity index is 1.89. The van der Waals surface area contributed by atoms with Crippen molar-refractivity contribution in [1.29, 1.82) is 0 Å². The van der Waals surface area contributed by atoms with Crippen LogP contribution in [0.1, 0.15) is 56.6 Å². The van der Waals surface area contributed by atoms with Crippen molar-refractivity contribution in [2.24, 2.45) is 11.8 Å². The van der Waals surface area contributed by atoms with Gasteiger partial charge in [0.25, 0.3) is 0 Å². The van der Waals surface area contributed by atoms with E-state index >= 15 is 0 Å². The topological polar surface area (TPSA) is 17.1 Å². The summed E-state index contributed by atoms with van der Waals surface area (Å²) in [5.74, 6) is 1.50. The van der Waals surface area contributed by atoms with Crippen LogP contribution in [0.5, 0.6) is 0 Å². The second kappa shape index (κ2) is 7.26. The van der Waals surface area contributed by atoms with Crippen molar-refractivity contribution >= 4 is 17.4 Å². The molecule has 0 spiro atoms. The summed E-state index contributed by atoms with van der Waals surface area (Å²) < 4.78 is 0. The fourth-order valence-electron chi connectivity index (χ4n) is 3.31. The molecule has 110 valence electrons. The molecule has 0 amide bonds. The molecule has 1 aromatic rings. The molecule has 0 radical (unpaired) electrons. The van der Waals surface area contributed by atoms with Gasteiger partial charge in [-0.15, -0.1) is 0 Å². The highest BCUT2D eigenvalue weighted by Crippen LogP contribution is 2.33. The predicted molar refractivity (Wildman–Crippen MR) is 85.3 cm³/mol. The van der Waals surface area contributed by atoms with Crippen LogP contribution < -0.4 is 0 Å². The second-order valence-electron chi connectivity index (χ2n) is 6.24. The fourth-order valence-corrected chi connectivity index (χ4v) is 3.61. The summed E-state index contributed by atoms with van der Waals surface area (Å²) in [4.78, 5) is 12.4. The Morgan fingerprint density at radius 3 is 2.55 bits per heavy atom. The summed E-state index contributed by atoms with van der Waals surface area (Å²) in [6, 6.07) is 5.98. The first-order valence-corrected chi connectivity index (χ1v) is 8.25. The summed E-state index contributed by atoms with van der Waals surface area (Å²) >= 11 is 6.22. The van der Waals surface area contributed by atoms with E-state index < -0.39 is 0 Å². The van der Waals surface area contributed by atoms with Gasteiger partial charge in [-0.3, -0.25) is 4.79 Å². The minimum Gasteiger partial charge on any atom is -0.299 e. The highest BCUT2D eigenvalue weighted by molar-refractivity contribution is 6.31. The van der Waals surface area contributed by atoms with E-state index in [0.29, 0.717) is 12.2 Å². The third-order valence-electron chi connectivity index (χ3n) is 4.57. The summed E-state index contributed by atoms with van der Waals surface area (Å²) in [5.41, 5.74) is 2.13. The summed E-state index contributed by atoms with van der Waals surface area (Å²) in [6.45, 7) is 4.27. The molecule has 2 heteroatoms. The van der Waals surface area contributed by atoms with Crippen LogP contribution in [-0.2, 0) is 11.2 Å². The van der Waals surface area contributed by atoms with E-state index in [-0.39, 0.29) is 5.92 Å². The maximum atomic E-state index is 12.4. The molecule has 0 unspecified atom stereocenters. The Bertz CT molecular complexity index is 458. The molecular weight excluding hydrogens is 268 g/mol. The smallest absolute Gasteiger partial charge is 0.140 e. The number of hydrogen-bond donors (Lipinski definition) is 0. The van der Waals surface area contributed by atoms with E-state index in [1.54, 1.807) is 0 Å². The van der Waals surface area contributed by atoms with Gasteiger partial charge < -0.3 is 0 Å². The van der Waals surface area contributed by atoms with Gasteiger partial charge in [-0.1, -0.05) is 43.5 Å². The molecule has 1 aliphatic carbocycles. The summed E-state index contributed by atoms with van der Waals surface area (Å²) in [7, 11) is 0. The normalized spacial score (nSPS) is 22.8. The Labute approximate surface area is 127 Å². The van der Waals surface area contributed by atoms with Crippen LogP contribution in [-0.4, -0.2) is 5.78 Å². The van der Waals surface area contributed by atoms with Crippen LogP contribution in [0.3, 0.4) is 0 Å². The van der Waals surface area contributed by atoms with E-state index in [1.165, 1.54) is 25.7 Å². The number of carbonyl (C=O) groups is 1. The van der Waals surface area contributed by atoms with E-state index in [4.69, 9.17) is 11.6 Å². The number of benzene rings is 1. The van der Waals surface area contributed by atoms with Gasteiger partial charge in [-0.05, 0) is 55.7 Å². The number of halogens is 1. The van der Waals surface area contributed by atoms with Crippen molar-refractivity contribution in [3.8, 4) is 0 Å². The van der Waals surface area contributed by atoms with Gasteiger partial charge in [-0.2, -0.15) is 0 Å². The van der Waals surface area contributed by atoms with Gasteiger partial charge in [0.05, 0.1) is 0 Å². The highest BCUT2D eigenvalue weighted by atomic mass is 35.5. The van der Waals surface area contributed by atoms with Crippen LogP contribution in [0.15, 0.2) is 18.2 Å². The van der Waals surface area contributed by atoms with Gasteiger partial charge in [0.2, 0.25) is 0 Å². The Morgan fingerprint density at radius 2 is 1.95 bits per heavy atom. The number of rotatable bonds is 5. The Hall–Kier alpha value is -0.820. The van der Waals surface area contributed by atoms with Crippen molar-refractivity contribution in [1.82, 2.24) is 0 Å². The molecule has 20 heavy (non-hydrogen) atoms. The van der Waals surface area contributed by atoms with Crippen LogP contribution in [0.4, 0.5) is 0 Å². The number of hydrogen-bond acceptors (Lipinski definition) is 1. The molecule has 0 bridgehead atoms. The molecule has 1 nitrogen and oxygen atoms in total. The molecule has 0 heterocycles. The van der Waals surface area contributed by atoms with Gasteiger partial charge in [0, 0.05) is 17.4 Å². The largest absolute Gasteiger partial charge is 0.299 e. The molecule has 1 fully saturated rings. The van der Waals surface area contributed by atoms with Crippen molar-refractivity contribution in [2.75, 3.05) is 0 Å². The number of carbonyl (C=O) groups excluding carboxylic acids is 1. The number of ketones is 1. The Morgan fingerprint density at radius 1 is 1.25 bits per heavy atom. The van der Waals surface area contributed by atoms with E-state index in [0.717, 1.165) is 34.9 Å². The molecule has 0 N–H and O–H groups in total. The first kappa shape index (κ1) is 15.6. The minimum absolute atomic E-state index is 0.264. The van der Waals surface area contributed by atoms with Crippen LogP contribution in [0.25, 0.3) is 0 Å². The predicted octanol–water partition coefficient (Wildman–Crippen LogP) is 5.37. The van der Waals surface area contributed by atoms with Crippen LogP contribution in [0.2, 0.25) is 5.02 Å². The van der Waals surface area contributed by atoms with Crippen LogP contribution in [0, 0.1) is 18.8 Å². The zero-order valence-corrected chi connectivity index (χ0v) is 13.4.